The number of aryl methyl sites for hydroxylation is 1. The Morgan fingerprint density at radius 2 is 1.42 bits per heavy atom. The minimum absolute atomic E-state index is 0.812. The first kappa shape index (κ1) is 18.2. The van der Waals surface area contributed by atoms with Crippen LogP contribution in [-0.4, -0.2) is 20.6 Å². The van der Waals surface area contributed by atoms with Crippen LogP contribution in [0.4, 0.5) is 5.69 Å². The molecule has 0 fully saturated rings. The van der Waals surface area contributed by atoms with Crippen LogP contribution in [0.3, 0.4) is 0 Å². The number of nitrogens with zero attached hydrogens (tertiary/aromatic N) is 2. The van der Waals surface area contributed by atoms with E-state index in [9.17, 15) is 0 Å². The Kier molecular flexibility index (Phi) is 7.50. The van der Waals surface area contributed by atoms with Crippen LogP contribution < -0.4 is 15.2 Å². The molecule has 0 aliphatic carbocycles. The second kappa shape index (κ2) is 9.89. The van der Waals surface area contributed by atoms with E-state index in [-0.39, 0.29) is 0 Å². The van der Waals surface area contributed by atoms with Crippen LogP contribution in [0, 0.1) is 0 Å². The normalized spacial score (nSPS) is 11.1. The van der Waals surface area contributed by atoms with Crippen molar-refractivity contribution in [3.63, 3.8) is 0 Å². The molecule has 0 unspecified atom stereocenters. The van der Waals surface area contributed by atoms with Crippen molar-refractivity contribution in [2.24, 2.45) is 5.73 Å². The first-order valence-corrected chi connectivity index (χ1v) is 8.83. The molecule has 3 nitrogen and oxygen atoms in total. The summed E-state index contributed by atoms with van der Waals surface area (Å²) in [6.45, 7) is 1.90. The van der Waals surface area contributed by atoms with E-state index in [0.717, 1.165) is 19.5 Å². The van der Waals surface area contributed by atoms with Crippen molar-refractivity contribution < 1.29 is 4.57 Å². The second-order valence-electron chi connectivity index (χ2n) is 6.39. The molecule has 1 aromatic carbocycles. The van der Waals surface area contributed by atoms with Crippen molar-refractivity contribution >= 4 is 17.8 Å². The maximum atomic E-state index is 5.52. The smallest absolute Gasteiger partial charge is 0.169 e. The molecule has 0 spiro atoms. The molecule has 0 radical (unpaired) electrons. The molecule has 0 saturated heterocycles. The van der Waals surface area contributed by atoms with Gasteiger partial charge >= 0.3 is 0 Å². The highest BCUT2D eigenvalue weighted by atomic mass is 15.1. The van der Waals surface area contributed by atoms with Gasteiger partial charge in [0.05, 0.1) is 0 Å². The molecule has 0 atom stereocenters. The summed E-state index contributed by atoms with van der Waals surface area (Å²) < 4.78 is 2.26. The quantitative estimate of drug-likeness (QED) is 0.563. The predicted octanol–water partition coefficient (Wildman–Crippen LogP) is 3.73. The Balaban J connectivity index is 1.84. The number of nitrogens with two attached hydrogens (primary N) is 1. The fourth-order valence-electron chi connectivity index (χ4n) is 2.60. The molecular formula is C21H30N3+. The molecule has 2 rings (SSSR count). The highest BCUT2D eigenvalue weighted by Gasteiger charge is 2.00. The van der Waals surface area contributed by atoms with E-state index in [4.69, 9.17) is 5.73 Å². The Morgan fingerprint density at radius 1 is 0.833 bits per heavy atom. The fourth-order valence-corrected chi connectivity index (χ4v) is 2.60. The molecule has 24 heavy (non-hydrogen) atoms. The van der Waals surface area contributed by atoms with E-state index in [2.05, 4.69) is 84.5 Å². The van der Waals surface area contributed by atoms with E-state index in [1.807, 2.05) is 0 Å². The number of anilines is 1. The zero-order chi connectivity index (χ0) is 17.2. The number of pyridine rings is 1. The third-order valence-electron chi connectivity index (χ3n) is 4.17. The summed E-state index contributed by atoms with van der Waals surface area (Å²) in [4.78, 5) is 2.11. The summed E-state index contributed by atoms with van der Waals surface area (Å²) in [5.74, 6) is 0. The van der Waals surface area contributed by atoms with E-state index >= 15 is 0 Å². The van der Waals surface area contributed by atoms with Crippen LogP contribution in [-0.2, 0) is 6.54 Å². The molecule has 0 aliphatic heterocycles. The van der Waals surface area contributed by atoms with Crippen LogP contribution in [0.2, 0.25) is 0 Å². The summed E-state index contributed by atoms with van der Waals surface area (Å²) >= 11 is 0. The highest BCUT2D eigenvalue weighted by Crippen LogP contribution is 2.14. The van der Waals surface area contributed by atoms with Crippen molar-refractivity contribution in [1.29, 1.82) is 0 Å². The number of hydrogen-bond donors (Lipinski definition) is 1. The molecule has 0 saturated carbocycles. The third kappa shape index (κ3) is 6.17. The molecule has 1 heterocycles. The average Bonchev–Trinajstić information content (AvgIpc) is 2.61. The van der Waals surface area contributed by atoms with Gasteiger partial charge in [-0.05, 0) is 42.6 Å². The fraction of sp³-hybridized carbons (Fsp3) is 0.381. The van der Waals surface area contributed by atoms with Crippen LogP contribution >= 0.6 is 0 Å². The molecular weight excluding hydrogens is 294 g/mol. The lowest BCUT2D eigenvalue weighted by molar-refractivity contribution is -0.697. The van der Waals surface area contributed by atoms with Gasteiger partial charge in [-0.25, -0.2) is 4.57 Å². The van der Waals surface area contributed by atoms with Gasteiger partial charge in [-0.2, -0.15) is 0 Å². The molecule has 0 bridgehead atoms. The summed E-state index contributed by atoms with van der Waals surface area (Å²) in [7, 11) is 4.12. The number of aromatic nitrogens is 1. The summed E-state index contributed by atoms with van der Waals surface area (Å²) in [6, 6.07) is 12.9. The monoisotopic (exact) mass is 324 g/mol. The first-order valence-electron chi connectivity index (χ1n) is 8.83. The zero-order valence-electron chi connectivity index (χ0n) is 15.0. The van der Waals surface area contributed by atoms with Gasteiger partial charge in [0, 0.05) is 38.3 Å². The molecule has 0 amide bonds. The average molecular weight is 324 g/mol. The molecule has 2 N–H and O–H groups in total. The van der Waals surface area contributed by atoms with Crippen LogP contribution in [0.25, 0.3) is 12.2 Å². The lowest BCUT2D eigenvalue weighted by Gasteiger charge is -2.11. The maximum absolute atomic E-state index is 5.52. The van der Waals surface area contributed by atoms with Gasteiger partial charge in [-0.1, -0.05) is 30.7 Å². The van der Waals surface area contributed by atoms with Gasteiger partial charge in [0.15, 0.2) is 12.4 Å². The van der Waals surface area contributed by atoms with Crippen LogP contribution in [0.1, 0.15) is 36.8 Å². The predicted molar refractivity (Wildman–Crippen MR) is 104 cm³/mol. The Bertz CT molecular complexity index is 613. The molecule has 128 valence electrons. The van der Waals surface area contributed by atoms with E-state index in [0.29, 0.717) is 0 Å². The van der Waals surface area contributed by atoms with E-state index < -0.39 is 0 Å². The SMILES string of the molecule is CN(C)c1ccc(/C=C/c2cc[n+](CCCCCCN)cc2)cc1. The second-order valence-corrected chi connectivity index (χ2v) is 6.39. The minimum atomic E-state index is 0.812. The molecule has 2 aromatic rings. The number of unbranched alkanes of at least 4 members (excludes halogenated alkanes) is 3. The Hall–Kier alpha value is -2.13. The van der Waals surface area contributed by atoms with Crippen molar-refractivity contribution in [2.75, 3.05) is 25.5 Å². The Labute approximate surface area is 146 Å². The third-order valence-corrected chi connectivity index (χ3v) is 4.17. The lowest BCUT2D eigenvalue weighted by Crippen LogP contribution is -2.32. The summed E-state index contributed by atoms with van der Waals surface area (Å²) in [5.41, 5.74) is 9.18. The molecule has 0 aliphatic rings. The maximum Gasteiger partial charge on any atom is 0.169 e. The van der Waals surface area contributed by atoms with Gasteiger partial charge in [-0.3, -0.25) is 0 Å². The van der Waals surface area contributed by atoms with Gasteiger partial charge in [0.2, 0.25) is 0 Å². The van der Waals surface area contributed by atoms with Crippen LogP contribution in [0.5, 0.6) is 0 Å². The summed E-state index contributed by atoms with van der Waals surface area (Å²) in [6.07, 6.45) is 13.5. The van der Waals surface area contributed by atoms with E-state index in [1.54, 1.807) is 0 Å². The number of benzene rings is 1. The zero-order valence-corrected chi connectivity index (χ0v) is 15.0. The van der Waals surface area contributed by atoms with Gasteiger partial charge < -0.3 is 10.6 Å². The topological polar surface area (TPSA) is 33.1 Å². The standard InChI is InChI=1S/C21H30N3/c1-23(2)21-11-9-19(10-12-21)7-8-20-13-17-24(18-14-20)16-6-4-3-5-15-22/h7-14,17-18H,3-6,15-16,22H2,1-2H3/q+1. The number of hydrogen-bond acceptors (Lipinski definition) is 2. The van der Waals surface area contributed by atoms with Crippen molar-refractivity contribution in [3.8, 4) is 0 Å². The van der Waals surface area contributed by atoms with Crippen molar-refractivity contribution in [1.82, 2.24) is 0 Å². The summed E-state index contributed by atoms with van der Waals surface area (Å²) in [5, 5.41) is 0. The van der Waals surface area contributed by atoms with Gasteiger partial charge in [0.25, 0.3) is 0 Å². The number of rotatable bonds is 9. The highest BCUT2D eigenvalue weighted by molar-refractivity contribution is 5.70. The van der Waals surface area contributed by atoms with Crippen LogP contribution in [0.15, 0.2) is 48.8 Å². The molecule has 1 aromatic heterocycles. The van der Waals surface area contributed by atoms with E-state index in [1.165, 1.54) is 36.1 Å². The first-order chi connectivity index (χ1) is 11.7. The van der Waals surface area contributed by atoms with Gasteiger partial charge in [-0.15, -0.1) is 0 Å². The minimum Gasteiger partial charge on any atom is -0.378 e. The largest absolute Gasteiger partial charge is 0.378 e. The van der Waals surface area contributed by atoms with Crippen molar-refractivity contribution in [2.45, 2.75) is 32.2 Å². The molecule has 3 heteroatoms. The van der Waals surface area contributed by atoms with Crippen molar-refractivity contribution in [3.05, 3.63) is 59.9 Å². The van der Waals surface area contributed by atoms with Gasteiger partial charge in [0.1, 0.15) is 6.54 Å². The lowest BCUT2D eigenvalue weighted by atomic mass is 10.1. The Morgan fingerprint density at radius 3 is 2.00 bits per heavy atom.